The molecule has 1 aromatic carbocycles. The fourth-order valence-corrected chi connectivity index (χ4v) is 3.18. The monoisotopic (exact) mass is 368 g/mol. The van der Waals surface area contributed by atoms with Gasteiger partial charge in [-0.1, -0.05) is 6.92 Å². The third kappa shape index (κ3) is 3.54. The number of nitrogens with one attached hydrogen (secondary N) is 1. The van der Waals surface area contributed by atoms with Crippen LogP contribution in [0, 0.1) is 20.7 Å². The Bertz CT molecular complexity index is 554. The van der Waals surface area contributed by atoms with Gasteiger partial charge in [0, 0.05) is 3.57 Å². The molecule has 7 heteroatoms. The number of benzene rings is 1. The summed E-state index contributed by atoms with van der Waals surface area (Å²) in [6.45, 7) is 1.61. The Labute approximate surface area is 113 Å². The van der Waals surface area contributed by atoms with E-state index in [1.165, 1.54) is 12.1 Å². The van der Waals surface area contributed by atoms with Gasteiger partial charge >= 0.3 is 0 Å². The maximum absolute atomic E-state index is 12.8. The zero-order valence-corrected chi connectivity index (χ0v) is 11.9. The lowest BCUT2D eigenvalue weighted by atomic mass is 10.3. The van der Waals surface area contributed by atoms with Gasteiger partial charge in [0.25, 0.3) is 0 Å². The standard InChI is InChI=1S/C10H10FIN2O2S/c1-2-8(6-13)17(15,16)14-10-4-3-7(11)5-9(10)12/h3-5,8,14H,2H2,1H3. The van der Waals surface area contributed by atoms with Gasteiger partial charge in [0.2, 0.25) is 10.0 Å². The van der Waals surface area contributed by atoms with Gasteiger partial charge in [-0.15, -0.1) is 0 Å². The summed E-state index contributed by atoms with van der Waals surface area (Å²) in [4.78, 5) is 0. The molecule has 0 saturated heterocycles. The van der Waals surface area contributed by atoms with Crippen LogP contribution in [0.3, 0.4) is 0 Å². The molecular formula is C10H10FIN2O2S. The second kappa shape index (κ2) is 5.64. The molecule has 1 rings (SSSR count). The highest BCUT2D eigenvalue weighted by Gasteiger charge is 2.23. The highest BCUT2D eigenvalue weighted by atomic mass is 127. The molecule has 0 heterocycles. The summed E-state index contributed by atoms with van der Waals surface area (Å²) in [5.74, 6) is -0.440. The summed E-state index contributed by atoms with van der Waals surface area (Å²) in [6, 6.07) is 5.42. The third-order valence-electron chi connectivity index (χ3n) is 2.07. The molecule has 17 heavy (non-hydrogen) atoms. The average Bonchev–Trinajstić information content (AvgIpc) is 2.23. The van der Waals surface area contributed by atoms with Crippen molar-refractivity contribution in [2.75, 3.05) is 4.72 Å². The van der Waals surface area contributed by atoms with Crippen molar-refractivity contribution in [3.63, 3.8) is 0 Å². The molecule has 4 nitrogen and oxygen atoms in total. The van der Waals surface area contributed by atoms with Gasteiger partial charge in [0.05, 0.1) is 11.8 Å². The highest BCUT2D eigenvalue weighted by molar-refractivity contribution is 14.1. The maximum Gasteiger partial charge on any atom is 0.249 e. The van der Waals surface area contributed by atoms with Gasteiger partial charge in [-0.25, -0.2) is 12.8 Å². The highest BCUT2D eigenvalue weighted by Crippen LogP contribution is 2.21. The van der Waals surface area contributed by atoms with E-state index in [1.807, 2.05) is 22.6 Å². The van der Waals surface area contributed by atoms with Crippen molar-refractivity contribution in [3.8, 4) is 6.07 Å². The summed E-state index contributed by atoms with van der Waals surface area (Å²) < 4.78 is 39.1. The first kappa shape index (κ1) is 14.2. The third-order valence-corrected chi connectivity index (χ3v) is 4.66. The van der Waals surface area contributed by atoms with E-state index in [9.17, 15) is 12.8 Å². The van der Waals surface area contributed by atoms with E-state index in [0.717, 1.165) is 6.07 Å². The fourth-order valence-electron chi connectivity index (χ4n) is 1.18. The Morgan fingerprint density at radius 1 is 1.59 bits per heavy atom. The van der Waals surface area contributed by atoms with E-state index in [0.29, 0.717) is 3.57 Å². The molecule has 0 spiro atoms. The van der Waals surface area contributed by atoms with E-state index in [-0.39, 0.29) is 12.1 Å². The summed E-state index contributed by atoms with van der Waals surface area (Å²) in [7, 11) is -3.75. The molecule has 0 aromatic heterocycles. The van der Waals surface area contributed by atoms with Gasteiger partial charge in [0.1, 0.15) is 5.82 Å². The van der Waals surface area contributed by atoms with Crippen molar-refractivity contribution in [1.82, 2.24) is 0 Å². The Morgan fingerprint density at radius 2 is 2.24 bits per heavy atom. The summed E-state index contributed by atoms with van der Waals surface area (Å²) in [5.41, 5.74) is 0.278. The number of halogens is 2. The average molecular weight is 368 g/mol. The smallest absolute Gasteiger partial charge is 0.249 e. The van der Waals surface area contributed by atoms with Crippen LogP contribution in [0.25, 0.3) is 0 Å². The number of nitrogens with zero attached hydrogens (tertiary/aromatic N) is 1. The van der Waals surface area contributed by atoms with Crippen molar-refractivity contribution in [3.05, 3.63) is 27.6 Å². The summed E-state index contributed by atoms with van der Waals surface area (Å²) in [6.07, 6.45) is 0.198. The molecular weight excluding hydrogens is 358 g/mol. The van der Waals surface area contributed by atoms with E-state index in [1.54, 1.807) is 13.0 Å². The SMILES string of the molecule is CCC(C#N)S(=O)(=O)Nc1ccc(F)cc1I. The molecule has 0 fully saturated rings. The lowest BCUT2D eigenvalue weighted by molar-refractivity contribution is 0.592. The molecule has 1 unspecified atom stereocenters. The van der Waals surface area contributed by atoms with E-state index in [2.05, 4.69) is 4.72 Å². The normalized spacial score (nSPS) is 12.8. The molecule has 1 N–H and O–H groups in total. The first-order valence-electron chi connectivity index (χ1n) is 4.77. The van der Waals surface area contributed by atoms with Crippen molar-refractivity contribution in [1.29, 1.82) is 5.26 Å². The first-order valence-corrected chi connectivity index (χ1v) is 7.39. The van der Waals surface area contributed by atoms with Crippen molar-refractivity contribution in [2.24, 2.45) is 0 Å². The van der Waals surface area contributed by atoms with Crippen LogP contribution < -0.4 is 4.72 Å². The molecule has 1 aromatic rings. The lowest BCUT2D eigenvalue weighted by Crippen LogP contribution is -2.26. The molecule has 0 radical (unpaired) electrons. The minimum atomic E-state index is -3.75. The van der Waals surface area contributed by atoms with Gasteiger partial charge in [0.15, 0.2) is 5.25 Å². The van der Waals surface area contributed by atoms with E-state index in [4.69, 9.17) is 5.26 Å². The predicted octanol–water partition coefficient (Wildman–Crippen LogP) is 2.47. The number of anilines is 1. The second-order valence-corrected chi connectivity index (χ2v) is 6.32. The number of hydrogen-bond acceptors (Lipinski definition) is 3. The van der Waals surface area contributed by atoms with Gasteiger partial charge in [-0.3, -0.25) is 4.72 Å². The zero-order valence-electron chi connectivity index (χ0n) is 8.94. The number of sulfonamides is 1. The van der Waals surface area contributed by atoms with Gasteiger partial charge in [-0.05, 0) is 47.2 Å². The molecule has 0 aliphatic carbocycles. The number of rotatable bonds is 4. The quantitative estimate of drug-likeness (QED) is 0.831. The zero-order chi connectivity index (χ0) is 13.1. The Morgan fingerprint density at radius 3 is 2.71 bits per heavy atom. The minimum absolute atomic E-state index is 0.198. The topological polar surface area (TPSA) is 70.0 Å². The maximum atomic E-state index is 12.8. The van der Waals surface area contributed by atoms with Gasteiger partial charge < -0.3 is 0 Å². The van der Waals surface area contributed by atoms with E-state index < -0.39 is 21.1 Å². The van der Waals surface area contributed by atoms with Crippen molar-refractivity contribution >= 4 is 38.3 Å². The van der Waals surface area contributed by atoms with Crippen LogP contribution in [0.2, 0.25) is 0 Å². The molecule has 0 amide bonds. The fraction of sp³-hybridized carbons (Fsp3) is 0.300. The first-order chi connectivity index (χ1) is 7.90. The van der Waals surface area contributed by atoms with Crippen LogP contribution in [0.1, 0.15) is 13.3 Å². The van der Waals surface area contributed by atoms with Gasteiger partial charge in [-0.2, -0.15) is 5.26 Å². The summed E-state index contributed by atoms with van der Waals surface area (Å²) in [5, 5.41) is 7.61. The van der Waals surface area contributed by atoms with Crippen LogP contribution in [0.15, 0.2) is 18.2 Å². The minimum Gasteiger partial charge on any atom is -0.281 e. The molecule has 0 aliphatic rings. The van der Waals surface area contributed by atoms with Crippen molar-refractivity contribution < 1.29 is 12.8 Å². The van der Waals surface area contributed by atoms with Crippen LogP contribution >= 0.6 is 22.6 Å². The number of nitriles is 1. The summed E-state index contributed by atoms with van der Waals surface area (Å²) >= 11 is 1.82. The largest absolute Gasteiger partial charge is 0.281 e. The molecule has 0 saturated carbocycles. The predicted molar refractivity (Wildman–Crippen MR) is 71.4 cm³/mol. The Hall–Kier alpha value is -0.880. The van der Waals surface area contributed by atoms with Crippen LogP contribution in [0.5, 0.6) is 0 Å². The lowest BCUT2D eigenvalue weighted by Gasteiger charge is -2.12. The molecule has 0 aliphatic heterocycles. The molecule has 0 bridgehead atoms. The second-order valence-electron chi connectivity index (χ2n) is 3.30. The number of hydrogen-bond donors (Lipinski definition) is 1. The van der Waals surface area contributed by atoms with Crippen LogP contribution in [-0.2, 0) is 10.0 Å². The Balaban J connectivity index is 3.03. The molecule has 1 atom stereocenters. The van der Waals surface area contributed by atoms with Crippen LogP contribution in [0.4, 0.5) is 10.1 Å². The van der Waals surface area contributed by atoms with E-state index >= 15 is 0 Å². The van der Waals surface area contributed by atoms with Crippen LogP contribution in [-0.4, -0.2) is 13.7 Å². The Kier molecular flexibility index (Phi) is 4.70. The van der Waals surface area contributed by atoms with Crippen molar-refractivity contribution in [2.45, 2.75) is 18.6 Å². The molecule has 92 valence electrons.